The number of benzene rings is 3. The van der Waals surface area contributed by atoms with Crippen LogP contribution in [0.4, 0.5) is 0 Å². The van der Waals surface area contributed by atoms with E-state index in [9.17, 15) is 5.11 Å². The van der Waals surface area contributed by atoms with Crippen molar-refractivity contribution in [3.8, 4) is 0 Å². The second-order valence-corrected chi connectivity index (χ2v) is 8.19. The SMILES string of the molecule is OC(c1ccc(Cl)cc1Cl)P(c1ccccc1)c1ccccc1. The van der Waals surface area contributed by atoms with Crippen LogP contribution in [0.2, 0.25) is 10.0 Å². The van der Waals surface area contributed by atoms with Gasteiger partial charge in [-0.05, 0) is 30.7 Å². The Balaban J connectivity index is 2.08. The standard InChI is InChI=1S/C19H15Cl2OP/c20-14-11-12-17(18(21)13-14)19(22)23(15-7-3-1-4-8-15)16-9-5-2-6-10-16/h1-13,19,22H. The number of aliphatic hydroxyl groups is 1. The van der Waals surface area contributed by atoms with Crippen molar-refractivity contribution in [1.82, 2.24) is 0 Å². The highest BCUT2D eigenvalue weighted by Gasteiger charge is 2.25. The van der Waals surface area contributed by atoms with Crippen LogP contribution in [-0.2, 0) is 0 Å². The zero-order chi connectivity index (χ0) is 16.2. The molecule has 0 aliphatic carbocycles. The third-order valence-electron chi connectivity index (χ3n) is 3.55. The van der Waals surface area contributed by atoms with Gasteiger partial charge in [0, 0.05) is 15.6 Å². The first kappa shape index (κ1) is 16.5. The lowest BCUT2D eigenvalue weighted by Crippen LogP contribution is -2.17. The number of rotatable bonds is 4. The van der Waals surface area contributed by atoms with E-state index in [1.807, 2.05) is 60.7 Å². The maximum atomic E-state index is 11.1. The van der Waals surface area contributed by atoms with Gasteiger partial charge in [-0.3, -0.25) is 0 Å². The van der Waals surface area contributed by atoms with Crippen LogP contribution in [0, 0.1) is 0 Å². The van der Waals surface area contributed by atoms with Gasteiger partial charge in [0.2, 0.25) is 0 Å². The summed E-state index contributed by atoms with van der Waals surface area (Å²) in [6.07, 6.45) is 0. The molecule has 116 valence electrons. The molecule has 0 spiro atoms. The van der Waals surface area contributed by atoms with Crippen molar-refractivity contribution in [2.45, 2.75) is 5.85 Å². The van der Waals surface area contributed by atoms with E-state index < -0.39 is 13.8 Å². The van der Waals surface area contributed by atoms with Crippen molar-refractivity contribution in [3.63, 3.8) is 0 Å². The summed E-state index contributed by atoms with van der Waals surface area (Å²) in [4.78, 5) is 0. The molecule has 1 N–H and O–H groups in total. The lowest BCUT2D eigenvalue weighted by Gasteiger charge is -2.25. The fraction of sp³-hybridized carbons (Fsp3) is 0.0526. The molecule has 0 aliphatic heterocycles. The topological polar surface area (TPSA) is 20.2 Å². The Labute approximate surface area is 147 Å². The minimum Gasteiger partial charge on any atom is -0.383 e. The van der Waals surface area contributed by atoms with Gasteiger partial charge in [0.05, 0.1) is 0 Å². The normalized spacial score (nSPS) is 12.3. The Morgan fingerprint density at radius 2 is 1.26 bits per heavy atom. The van der Waals surface area contributed by atoms with Gasteiger partial charge < -0.3 is 5.11 Å². The molecule has 0 aromatic heterocycles. The van der Waals surface area contributed by atoms with Crippen LogP contribution in [-0.4, -0.2) is 5.11 Å². The molecule has 0 bridgehead atoms. The van der Waals surface area contributed by atoms with Crippen LogP contribution in [0.3, 0.4) is 0 Å². The van der Waals surface area contributed by atoms with Crippen molar-refractivity contribution in [2.75, 3.05) is 0 Å². The van der Waals surface area contributed by atoms with Crippen molar-refractivity contribution in [2.24, 2.45) is 0 Å². The molecule has 0 amide bonds. The fourth-order valence-corrected chi connectivity index (χ4v) is 5.40. The molecule has 0 radical (unpaired) electrons. The molecular weight excluding hydrogens is 346 g/mol. The van der Waals surface area contributed by atoms with Gasteiger partial charge in [0.25, 0.3) is 0 Å². The highest BCUT2D eigenvalue weighted by atomic mass is 35.5. The predicted molar refractivity (Wildman–Crippen MR) is 100 cm³/mol. The Kier molecular flexibility index (Phi) is 5.35. The fourth-order valence-electron chi connectivity index (χ4n) is 2.46. The third-order valence-corrected chi connectivity index (χ3v) is 6.59. The van der Waals surface area contributed by atoms with E-state index in [0.29, 0.717) is 15.6 Å². The molecule has 1 atom stereocenters. The number of hydrogen-bond acceptors (Lipinski definition) is 1. The van der Waals surface area contributed by atoms with Gasteiger partial charge >= 0.3 is 0 Å². The summed E-state index contributed by atoms with van der Waals surface area (Å²) < 4.78 is 0. The van der Waals surface area contributed by atoms with Crippen LogP contribution in [0.15, 0.2) is 78.9 Å². The zero-order valence-corrected chi connectivity index (χ0v) is 14.6. The van der Waals surface area contributed by atoms with Crippen LogP contribution >= 0.6 is 31.1 Å². The van der Waals surface area contributed by atoms with Crippen LogP contribution in [0.1, 0.15) is 11.4 Å². The van der Waals surface area contributed by atoms with E-state index in [4.69, 9.17) is 23.2 Å². The van der Waals surface area contributed by atoms with E-state index in [1.165, 1.54) is 0 Å². The van der Waals surface area contributed by atoms with Gasteiger partial charge in [-0.15, -0.1) is 0 Å². The van der Waals surface area contributed by atoms with Crippen molar-refractivity contribution >= 4 is 41.7 Å². The molecule has 0 saturated heterocycles. The molecule has 3 aromatic carbocycles. The highest BCUT2D eigenvalue weighted by molar-refractivity contribution is 7.73. The van der Waals surface area contributed by atoms with Crippen LogP contribution < -0.4 is 10.6 Å². The quantitative estimate of drug-likeness (QED) is 0.640. The van der Waals surface area contributed by atoms with Crippen LogP contribution in [0.5, 0.6) is 0 Å². The minimum atomic E-state index is -0.986. The van der Waals surface area contributed by atoms with Gasteiger partial charge in [0.15, 0.2) is 0 Å². The predicted octanol–water partition coefficient (Wildman–Crippen LogP) is 5.12. The number of aliphatic hydroxyl groups excluding tert-OH is 1. The molecule has 0 saturated carbocycles. The molecule has 0 fully saturated rings. The van der Waals surface area contributed by atoms with Crippen molar-refractivity contribution in [1.29, 1.82) is 0 Å². The Hall–Kier alpha value is -1.37. The third kappa shape index (κ3) is 3.76. The lowest BCUT2D eigenvalue weighted by atomic mass is 10.2. The number of hydrogen-bond donors (Lipinski definition) is 1. The maximum Gasteiger partial charge on any atom is 0.108 e. The molecule has 0 heterocycles. The summed E-state index contributed by atoms with van der Waals surface area (Å²) in [6.45, 7) is 0. The first-order chi connectivity index (χ1) is 11.2. The minimum absolute atomic E-state index is 0.490. The summed E-state index contributed by atoms with van der Waals surface area (Å²) in [6, 6.07) is 25.3. The maximum absolute atomic E-state index is 11.1. The van der Waals surface area contributed by atoms with Gasteiger partial charge in [0.1, 0.15) is 5.85 Å². The monoisotopic (exact) mass is 360 g/mol. The van der Waals surface area contributed by atoms with Crippen molar-refractivity contribution < 1.29 is 5.11 Å². The average molecular weight is 361 g/mol. The average Bonchev–Trinajstić information content (AvgIpc) is 2.57. The summed E-state index contributed by atoms with van der Waals surface area (Å²) in [5.74, 6) is -0.695. The Bertz CT molecular complexity index is 738. The summed E-state index contributed by atoms with van der Waals surface area (Å²) >= 11 is 12.3. The smallest absolute Gasteiger partial charge is 0.108 e. The van der Waals surface area contributed by atoms with Gasteiger partial charge in [-0.25, -0.2) is 0 Å². The van der Waals surface area contributed by atoms with Gasteiger partial charge in [-0.2, -0.15) is 0 Å². The highest BCUT2D eigenvalue weighted by Crippen LogP contribution is 2.49. The molecule has 0 aliphatic rings. The first-order valence-corrected chi connectivity index (χ1v) is 9.36. The summed E-state index contributed by atoms with van der Waals surface area (Å²) in [5.41, 5.74) is 0.704. The molecular formula is C19H15Cl2OP. The second kappa shape index (κ2) is 7.47. The van der Waals surface area contributed by atoms with E-state index in [0.717, 1.165) is 10.6 Å². The molecule has 3 rings (SSSR count). The Morgan fingerprint density at radius 1 is 0.739 bits per heavy atom. The zero-order valence-electron chi connectivity index (χ0n) is 12.2. The summed E-state index contributed by atoms with van der Waals surface area (Å²) in [7, 11) is -0.986. The molecule has 1 unspecified atom stereocenters. The first-order valence-electron chi connectivity index (χ1n) is 7.19. The van der Waals surface area contributed by atoms with Crippen molar-refractivity contribution in [3.05, 3.63) is 94.5 Å². The number of halogens is 2. The van der Waals surface area contributed by atoms with Crippen LogP contribution in [0.25, 0.3) is 0 Å². The lowest BCUT2D eigenvalue weighted by molar-refractivity contribution is 0.266. The van der Waals surface area contributed by atoms with E-state index in [1.54, 1.807) is 18.2 Å². The van der Waals surface area contributed by atoms with Gasteiger partial charge in [-0.1, -0.05) is 89.9 Å². The Morgan fingerprint density at radius 3 is 1.74 bits per heavy atom. The molecule has 23 heavy (non-hydrogen) atoms. The summed E-state index contributed by atoms with van der Waals surface area (Å²) in [5, 5.41) is 14.3. The molecule has 1 nitrogen and oxygen atoms in total. The largest absolute Gasteiger partial charge is 0.383 e. The molecule has 3 aromatic rings. The second-order valence-electron chi connectivity index (χ2n) is 5.08. The van der Waals surface area contributed by atoms with E-state index in [-0.39, 0.29) is 0 Å². The molecule has 4 heteroatoms. The van der Waals surface area contributed by atoms with E-state index >= 15 is 0 Å². The van der Waals surface area contributed by atoms with E-state index in [2.05, 4.69) is 0 Å².